The van der Waals surface area contributed by atoms with Crippen molar-refractivity contribution in [3.63, 3.8) is 0 Å². The Hall–Kier alpha value is -3.02. The summed E-state index contributed by atoms with van der Waals surface area (Å²) in [5, 5.41) is 2.78. The number of methoxy groups -OCH3 is 3. The van der Waals surface area contributed by atoms with Gasteiger partial charge in [0.2, 0.25) is 11.7 Å². The third-order valence-electron chi connectivity index (χ3n) is 3.41. The van der Waals surface area contributed by atoms with E-state index >= 15 is 0 Å². The van der Waals surface area contributed by atoms with Gasteiger partial charge in [-0.3, -0.25) is 9.78 Å². The van der Waals surface area contributed by atoms with Crippen LogP contribution in [-0.4, -0.2) is 32.2 Å². The molecule has 0 aliphatic heterocycles. The molecule has 1 heterocycles. The van der Waals surface area contributed by atoms with Gasteiger partial charge in [0.25, 0.3) is 0 Å². The van der Waals surface area contributed by atoms with Crippen LogP contribution in [0.1, 0.15) is 11.1 Å². The van der Waals surface area contributed by atoms with Gasteiger partial charge in [0.15, 0.2) is 11.5 Å². The molecule has 126 valence electrons. The predicted octanol–water partition coefficient (Wildman–Crippen LogP) is 3.07. The summed E-state index contributed by atoms with van der Waals surface area (Å²) < 4.78 is 15.9. The van der Waals surface area contributed by atoms with Crippen LogP contribution in [0.15, 0.2) is 36.7 Å². The Bertz CT molecular complexity index is 731. The maximum atomic E-state index is 12.1. The number of amides is 1. The number of anilines is 1. The van der Waals surface area contributed by atoms with Gasteiger partial charge in [-0.05, 0) is 42.3 Å². The minimum Gasteiger partial charge on any atom is -0.493 e. The number of benzene rings is 1. The van der Waals surface area contributed by atoms with Gasteiger partial charge in [0, 0.05) is 12.3 Å². The molecule has 24 heavy (non-hydrogen) atoms. The second-order valence-corrected chi connectivity index (χ2v) is 4.97. The van der Waals surface area contributed by atoms with Gasteiger partial charge in [-0.15, -0.1) is 0 Å². The molecule has 1 amide bonds. The molecule has 1 aromatic carbocycles. The molecule has 0 radical (unpaired) electrons. The third kappa shape index (κ3) is 4.04. The summed E-state index contributed by atoms with van der Waals surface area (Å²) in [6.07, 6.45) is 6.40. The fourth-order valence-corrected chi connectivity index (χ4v) is 2.14. The van der Waals surface area contributed by atoms with E-state index in [9.17, 15) is 4.79 Å². The molecule has 1 aromatic heterocycles. The standard InChI is InChI=1S/C18H20N2O4/c1-12-7-8-19-11-14(12)20-17(21)6-5-13-9-15(22-2)18(24-4)16(10-13)23-3/h5-11H,1-4H3,(H,20,21)/b6-5+. The molecule has 6 heteroatoms. The molecular formula is C18H20N2O4. The maximum absolute atomic E-state index is 12.1. The molecule has 0 aliphatic carbocycles. The van der Waals surface area contributed by atoms with Crippen molar-refractivity contribution in [3.05, 3.63) is 47.8 Å². The van der Waals surface area contributed by atoms with E-state index in [1.165, 1.54) is 6.08 Å². The number of carbonyl (C=O) groups excluding carboxylic acids is 1. The number of nitrogens with one attached hydrogen (secondary N) is 1. The average molecular weight is 328 g/mol. The number of aryl methyl sites for hydroxylation is 1. The molecule has 0 saturated heterocycles. The molecule has 2 rings (SSSR count). The van der Waals surface area contributed by atoms with Crippen molar-refractivity contribution >= 4 is 17.7 Å². The number of ether oxygens (including phenoxy) is 3. The number of carbonyl (C=O) groups is 1. The highest BCUT2D eigenvalue weighted by Gasteiger charge is 2.12. The van der Waals surface area contributed by atoms with E-state index in [-0.39, 0.29) is 5.91 Å². The van der Waals surface area contributed by atoms with E-state index in [2.05, 4.69) is 10.3 Å². The van der Waals surface area contributed by atoms with Crippen LogP contribution in [0, 0.1) is 6.92 Å². The van der Waals surface area contributed by atoms with Gasteiger partial charge in [0.05, 0.1) is 33.2 Å². The zero-order valence-electron chi connectivity index (χ0n) is 14.1. The van der Waals surface area contributed by atoms with Crippen molar-refractivity contribution in [2.45, 2.75) is 6.92 Å². The first-order chi connectivity index (χ1) is 11.6. The van der Waals surface area contributed by atoms with E-state index in [0.717, 1.165) is 11.1 Å². The minimum atomic E-state index is -0.250. The van der Waals surface area contributed by atoms with E-state index in [4.69, 9.17) is 14.2 Å². The summed E-state index contributed by atoms with van der Waals surface area (Å²) in [5.41, 5.74) is 2.37. The summed E-state index contributed by atoms with van der Waals surface area (Å²) in [6, 6.07) is 5.36. The van der Waals surface area contributed by atoms with Crippen LogP contribution in [0.25, 0.3) is 6.08 Å². The van der Waals surface area contributed by atoms with Crippen molar-refractivity contribution < 1.29 is 19.0 Å². The number of pyridine rings is 1. The van der Waals surface area contributed by atoms with Crippen LogP contribution in [0.2, 0.25) is 0 Å². The number of aromatic nitrogens is 1. The molecule has 0 fully saturated rings. The summed E-state index contributed by atoms with van der Waals surface area (Å²) in [5.74, 6) is 1.31. The Morgan fingerprint density at radius 3 is 2.33 bits per heavy atom. The number of nitrogens with zero attached hydrogens (tertiary/aromatic N) is 1. The molecule has 0 bridgehead atoms. The smallest absolute Gasteiger partial charge is 0.248 e. The SMILES string of the molecule is COc1cc(/C=C/C(=O)Nc2cnccc2C)cc(OC)c1OC. The van der Waals surface area contributed by atoms with Crippen molar-refractivity contribution in [1.29, 1.82) is 0 Å². The summed E-state index contributed by atoms with van der Waals surface area (Å²) in [6.45, 7) is 1.90. The first-order valence-electron chi connectivity index (χ1n) is 7.28. The van der Waals surface area contributed by atoms with Crippen molar-refractivity contribution in [3.8, 4) is 17.2 Å². The topological polar surface area (TPSA) is 69.7 Å². The summed E-state index contributed by atoms with van der Waals surface area (Å²) in [7, 11) is 4.63. The second-order valence-electron chi connectivity index (χ2n) is 4.97. The molecule has 0 saturated carbocycles. The van der Waals surface area contributed by atoms with Crippen molar-refractivity contribution in [1.82, 2.24) is 4.98 Å². The van der Waals surface area contributed by atoms with Gasteiger partial charge < -0.3 is 19.5 Å². The van der Waals surface area contributed by atoms with Crippen LogP contribution in [0.4, 0.5) is 5.69 Å². The highest BCUT2D eigenvalue weighted by atomic mass is 16.5. The second kappa shape index (κ2) is 8.01. The molecule has 0 spiro atoms. The van der Waals surface area contributed by atoms with Gasteiger partial charge in [-0.25, -0.2) is 0 Å². The van der Waals surface area contributed by atoms with Crippen LogP contribution in [0.5, 0.6) is 17.2 Å². The fraction of sp³-hybridized carbons (Fsp3) is 0.222. The molecule has 0 unspecified atom stereocenters. The Balaban J connectivity index is 2.19. The van der Waals surface area contributed by atoms with E-state index < -0.39 is 0 Å². The normalized spacial score (nSPS) is 10.5. The van der Waals surface area contributed by atoms with E-state index in [1.54, 1.807) is 51.9 Å². The number of hydrogen-bond acceptors (Lipinski definition) is 5. The molecule has 0 aliphatic rings. The Morgan fingerprint density at radius 2 is 1.79 bits per heavy atom. The van der Waals surface area contributed by atoms with Crippen molar-refractivity contribution in [2.24, 2.45) is 0 Å². The van der Waals surface area contributed by atoms with Gasteiger partial charge in [-0.1, -0.05) is 0 Å². The van der Waals surface area contributed by atoms with Gasteiger partial charge in [0.1, 0.15) is 0 Å². The first kappa shape index (κ1) is 17.3. The van der Waals surface area contributed by atoms with E-state index in [1.807, 2.05) is 13.0 Å². The van der Waals surface area contributed by atoms with Crippen LogP contribution < -0.4 is 19.5 Å². The Labute approximate surface area is 141 Å². The summed E-state index contributed by atoms with van der Waals surface area (Å²) >= 11 is 0. The summed E-state index contributed by atoms with van der Waals surface area (Å²) in [4.78, 5) is 16.1. The predicted molar refractivity (Wildman–Crippen MR) is 92.7 cm³/mol. The first-order valence-corrected chi connectivity index (χ1v) is 7.28. The zero-order valence-corrected chi connectivity index (χ0v) is 14.1. The molecule has 6 nitrogen and oxygen atoms in total. The lowest BCUT2D eigenvalue weighted by atomic mass is 10.1. The van der Waals surface area contributed by atoms with Crippen LogP contribution >= 0.6 is 0 Å². The zero-order chi connectivity index (χ0) is 17.5. The third-order valence-corrected chi connectivity index (χ3v) is 3.41. The molecule has 2 aromatic rings. The lowest BCUT2D eigenvalue weighted by Crippen LogP contribution is -2.09. The lowest BCUT2D eigenvalue weighted by Gasteiger charge is -2.12. The van der Waals surface area contributed by atoms with Crippen LogP contribution in [0.3, 0.4) is 0 Å². The quantitative estimate of drug-likeness (QED) is 0.825. The Morgan fingerprint density at radius 1 is 1.12 bits per heavy atom. The molecular weight excluding hydrogens is 308 g/mol. The average Bonchev–Trinajstić information content (AvgIpc) is 2.60. The Kier molecular flexibility index (Phi) is 5.78. The van der Waals surface area contributed by atoms with Crippen molar-refractivity contribution in [2.75, 3.05) is 26.6 Å². The number of rotatable bonds is 6. The highest BCUT2D eigenvalue weighted by Crippen LogP contribution is 2.38. The monoisotopic (exact) mass is 328 g/mol. The molecule has 0 atom stereocenters. The van der Waals surface area contributed by atoms with E-state index in [0.29, 0.717) is 22.9 Å². The van der Waals surface area contributed by atoms with Gasteiger partial charge >= 0.3 is 0 Å². The van der Waals surface area contributed by atoms with Crippen LogP contribution in [-0.2, 0) is 4.79 Å². The fourth-order valence-electron chi connectivity index (χ4n) is 2.14. The minimum absolute atomic E-state index is 0.250. The maximum Gasteiger partial charge on any atom is 0.248 e. The lowest BCUT2D eigenvalue weighted by molar-refractivity contribution is -0.111. The highest BCUT2D eigenvalue weighted by molar-refractivity contribution is 6.02. The largest absolute Gasteiger partial charge is 0.493 e. The number of hydrogen-bond donors (Lipinski definition) is 1. The van der Waals surface area contributed by atoms with Gasteiger partial charge in [-0.2, -0.15) is 0 Å². The molecule has 1 N–H and O–H groups in total.